The molecular weight excluding hydrogens is 486 g/mol. The van der Waals surface area contributed by atoms with Crippen LogP contribution in [0.15, 0.2) is 66.7 Å². The lowest BCUT2D eigenvalue weighted by Crippen LogP contribution is -2.32. The van der Waals surface area contributed by atoms with Gasteiger partial charge in [-0.25, -0.2) is 8.42 Å². The predicted octanol–water partition coefficient (Wildman–Crippen LogP) is 5.47. The summed E-state index contributed by atoms with van der Waals surface area (Å²) in [4.78, 5) is 25.4. The molecule has 9 heteroatoms. The molecule has 1 aliphatic heterocycles. The molecule has 0 bridgehead atoms. The van der Waals surface area contributed by atoms with Crippen molar-refractivity contribution in [2.24, 2.45) is 0 Å². The van der Waals surface area contributed by atoms with Crippen molar-refractivity contribution in [3.05, 3.63) is 88.4 Å². The zero-order valence-corrected chi connectivity index (χ0v) is 20.8. The second-order valence-electron chi connectivity index (χ2n) is 8.44. The Morgan fingerprint density at radius 3 is 2.34 bits per heavy atom. The van der Waals surface area contributed by atoms with E-state index in [1.807, 2.05) is 6.92 Å². The highest BCUT2D eigenvalue weighted by Crippen LogP contribution is 2.25. The minimum absolute atomic E-state index is 0.138. The molecule has 1 fully saturated rings. The van der Waals surface area contributed by atoms with Crippen molar-refractivity contribution in [2.45, 2.75) is 26.2 Å². The van der Waals surface area contributed by atoms with Gasteiger partial charge in [-0.2, -0.15) is 0 Å². The Morgan fingerprint density at radius 2 is 1.60 bits per heavy atom. The molecule has 2 amide bonds. The second-order valence-corrected chi connectivity index (χ2v) is 10.9. The molecule has 35 heavy (non-hydrogen) atoms. The topological polar surface area (TPSA) is 95.6 Å². The van der Waals surface area contributed by atoms with Crippen molar-refractivity contribution in [2.75, 3.05) is 27.2 Å². The third-order valence-corrected chi connectivity index (χ3v) is 7.95. The number of sulfonamides is 1. The summed E-state index contributed by atoms with van der Waals surface area (Å²) in [5.41, 5.74) is 3.30. The van der Waals surface area contributed by atoms with E-state index in [-0.39, 0.29) is 17.6 Å². The lowest BCUT2D eigenvalue weighted by Gasteiger charge is -2.22. The largest absolute Gasteiger partial charge is 0.322 e. The SMILES string of the molecule is Cc1ccc(NC(=O)c2ccc(N3CCCCCS3(=O)=O)cc2)cc1NC(=O)c1cccc(Cl)c1. The molecule has 1 aliphatic rings. The number of aryl methyl sites for hydroxylation is 1. The van der Waals surface area contributed by atoms with Crippen LogP contribution < -0.4 is 14.9 Å². The van der Waals surface area contributed by atoms with Crippen LogP contribution in [-0.4, -0.2) is 32.5 Å². The average Bonchev–Trinajstić information content (AvgIpc) is 3.01. The third-order valence-electron chi connectivity index (χ3n) is 5.85. The third kappa shape index (κ3) is 6.01. The summed E-state index contributed by atoms with van der Waals surface area (Å²) in [5.74, 6) is -0.511. The molecule has 3 aromatic carbocycles. The van der Waals surface area contributed by atoms with Gasteiger partial charge in [-0.05, 0) is 79.9 Å². The number of amides is 2. The van der Waals surface area contributed by atoms with Crippen molar-refractivity contribution in [1.29, 1.82) is 0 Å². The zero-order chi connectivity index (χ0) is 25.0. The molecule has 0 saturated carbocycles. The van der Waals surface area contributed by atoms with Crippen LogP contribution in [0.2, 0.25) is 5.02 Å². The van der Waals surface area contributed by atoms with E-state index in [0.29, 0.717) is 46.2 Å². The van der Waals surface area contributed by atoms with Crippen molar-refractivity contribution in [3.63, 3.8) is 0 Å². The predicted molar refractivity (Wildman–Crippen MR) is 140 cm³/mol. The molecule has 1 heterocycles. The minimum Gasteiger partial charge on any atom is -0.322 e. The summed E-state index contributed by atoms with van der Waals surface area (Å²) in [7, 11) is -3.35. The number of halogens is 1. The molecule has 3 aromatic rings. The molecule has 1 saturated heterocycles. The van der Waals surface area contributed by atoms with Gasteiger partial charge in [-0.1, -0.05) is 30.2 Å². The summed E-state index contributed by atoms with van der Waals surface area (Å²) in [6.07, 6.45) is 2.36. The fraction of sp³-hybridized carbons (Fsp3) is 0.231. The molecule has 0 spiro atoms. The van der Waals surface area contributed by atoms with E-state index >= 15 is 0 Å². The monoisotopic (exact) mass is 511 g/mol. The summed E-state index contributed by atoms with van der Waals surface area (Å²) < 4.78 is 26.5. The standard InChI is InChI=1S/C26H26ClN3O4S/c1-18-8-11-22(17-24(18)29-26(32)20-6-5-7-21(27)16-20)28-25(31)19-9-12-23(13-10-19)30-14-3-2-4-15-35(30,33)34/h5-13,16-17H,2-4,14-15H2,1H3,(H,28,31)(H,29,32). The number of anilines is 3. The van der Waals surface area contributed by atoms with Crippen LogP contribution in [0.3, 0.4) is 0 Å². The number of carbonyl (C=O) groups is 2. The van der Waals surface area contributed by atoms with Gasteiger partial charge in [-0.15, -0.1) is 0 Å². The van der Waals surface area contributed by atoms with Gasteiger partial charge in [-0.3, -0.25) is 13.9 Å². The fourth-order valence-corrected chi connectivity index (χ4v) is 5.73. The van der Waals surface area contributed by atoms with Crippen molar-refractivity contribution in [1.82, 2.24) is 0 Å². The number of hydrogen-bond donors (Lipinski definition) is 2. The van der Waals surface area contributed by atoms with Crippen LogP contribution in [0.4, 0.5) is 17.1 Å². The molecule has 0 atom stereocenters. The number of rotatable bonds is 5. The van der Waals surface area contributed by atoms with E-state index in [1.165, 1.54) is 4.31 Å². The number of nitrogens with one attached hydrogen (secondary N) is 2. The fourth-order valence-electron chi connectivity index (χ4n) is 3.90. The number of hydrogen-bond acceptors (Lipinski definition) is 4. The van der Waals surface area contributed by atoms with Gasteiger partial charge >= 0.3 is 0 Å². The summed E-state index contributed by atoms with van der Waals surface area (Å²) >= 11 is 5.98. The van der Waals surface area contributed by atoms with Crippen LogP contribution in [0.1, 0.15) is 45.5 Å². The maximum absolute atomic E-state index is 12.8. The second kappa shape index (κ2) is 10.5. The van der Waals surface area contributed by atoms with E-state index < -0.39 is 10.0 Å². The first kappa shape index (κ1) is 24.8. The molecule has 2 N–H and O–H groups in total. The van der Waals surface area contributed by atoms with Gasteiger partial charge in [0, 0.05) is 34.1 Å². The first-order valence-corrected chi connectivity index (χ1v) is 13.3. The molecular formula is C26H26ClN3O4S. The highest BCUT2D eigenvalue weighted by Gasteiger charge is 2.24. The molecule has 0 aliphatic carbocycles. The van der Waals surface area contributed by atoms with Crippen LogP contribution >= 0.6 is 11.6 Å². The van der Waals surface area contributed by atoms with Crippen molar-refractivity contribution >= 4 is 50.5 Å². The van der Waals surface area contributed by atoms with Crippen LogP contribution in [0.5, 0.6) is 0 Å². The summed E-state index contributed by atoms with van der Waals surface area (Å²) in [6, 6.07) is 18.4. The van der Waals surface area contributed by atoms with E-state index in [9.17, 15) is 18.0 Å². The Labute approximate surface area is 210 Å². The van der Waals surface area contributed by atoms with E-state index in [1.54, 1.807) is 66.7 Å². The minimum atomic E-state index is -3.35. The first-order chi connectivity index (χ1) is 16.7. The van der Waals surface area contributed by atoms with Gasteiger partial charge in [0.2, 0.25) is 10.0 Å². The molecule has 0 radical (unpaired) electrons. The molecule has 7 nitrogen and oxygen atoms in total. The maximum Gasteiger partial charge on any atom is 0.255 e. The first-order valence-electron chi connectivity index (χ1n) is 11.3. The Bertz CT molecular complexity index is 1360. The highest BCUT2D eigenvalue weighted by atomic mass is 35.5. The number of nitrogens with zero attached hydrogens (tertiary/aromatic N) is 1. The lowest BCUT2D eigenvalue weighted by molar-refractivity contribution is 0.101. The lowest BCUT2D eigenvalue weighted by atomic mass is 10.1. The number of benzene rings is 3. The van der Waals surface area contributed by atoms with Crippen LogP contribution in [0.25, 0.3) is 0 Å². The van der Waals surface area contributed by atoms with E-state index in [2.05, 4.69) is 10.6 Å². The Balaban J connectivity index is 1.46. The summed E-state index contributed by atoms with van der Waals surface area (Å²) in [6.45, 7) is 2.30. The molecule has 4 rings (SSSR count). The van der Waals surface area contributed by atoms with Gasteiger partial charge < -0.3 is 10.6 Å². The normalized spacial score (nSPS) is 15.2. The smallest absolute Gasteiger partial charge is 0.255 e. The van der Waals surface area contributed by atoms with E-state index in [4.69, 9.17) is 11.6 Å². The van der Waals surface area contributed by atoms with Gasteiger partial charge in [0.15, 0.2) is 0 Å². The van der Waals surface area contributed by atoms with Crippen molar-refractivity contribution < 1.29 is 18.0 Å². The Kier molecular flexibility index (Phi) is 7.42. The van der Waals surface area contributed by atoms with Crippen molar-refractivity contribution in [3.8, 4) is 0 Å². The molecule has 0 unspecified atom stereocenters. The van der Waals surface area contributed by atoms with Gasteiger partial charge in [0.05, 0.1) is 11.4 Å². The molecule has 0 aromatic heterocycles. The Morgan fingerprint density at radius 1 is 0.857 bits per heavy atom. The quantitative estimate of drug-likeness (QED) is 0.474. The van der Waals surface area contributed by atoms with E-state index in [0.717, 1.165) is 18.4 Å². The average molecular weight is 512 g/mol. The molecule has 182 valence electrons. The van der Waals surface area contributed by atoms with Gasteiger partial charge in [0.1, 0.15) is 0 Å². The Hall–Kier alpha value is -3.36. The van der Waals surface area contributed by atoms with Crippen LogP contribution in [-0.2, 0) is 10.0 Å². The number of carbonyl (C=O) groups excluding carboxylic acids is 2. The van der Waals surface area contributed by atoms with Gasteiger partial charge in [0.25, 0.3) is 11.8 Å². The van der Waals surface area contributed by atoms with Crippen LogP contribution in [0, 0.1) is 6.92 Å². The highest BCUT2D eigenvalue weighted by molar-refractivity contribution is 7.92. The zero-order valence-electron chi connectivity index (χ0n) is 19.3. The maximum atomic E-state index is 12.8. The summed E-state index contributed by atoms with van der Waals surface area (Å²) in [5, 5.41) is 6.15.